The monoisotopic (exact) mass is 574 g/mol. The van der Waals surface area contributed by atoms with Gasteiger partial charge >= 0.3 is 11.9 Å². The fourth-order valence-electron chi connectivity index (χ4n) is 4.87. The Morgan fingerprint density at radius 2 is 1.62 bits per heavy atom. The minimum absolute atomic E-state index is 0.00817. The van der Waals surface area contributed by atoms with Gasteiger partial charge in [-0.15, -0.1) is 0 Å². The molecule has 3 aromatic rings. The van der Waals surface area contributed by atoms with Gasteiger partial charge in [-0.25, -0.2) is 9.18 Å². The van der Waals surface area contributed by atoms with Crippen LogP contribution in [0.2, 0.25) is 0 Å². The lowest BCUT2D eigenvalue weighted by molar-refractivity contribution is -0.198. The molecule has 1 atom stereocenters. The highest BCUT2D eigenvalue weighted by Crippen LogP contribution is 2.35. The van der Waals surface area contributed by atoms with Gasteiger partial charge in [0.2, 0.25) is 6.29 Å². The molecule has 0 spiro atoms. The van der Waals surface area contributed by atoms with E-state index in [-0.39, 0.29) is 25.6 Å². The molecule has 1 unspecified atom stereocenters. The van der Waals surface area contributed by atoms with Crippen molar-refractivity contribution in [3.63, 3.8) is 0 Å². The van der Waals surface area contributed by atoms with E-state index in [9.17, 15) is 18.8 Å². The summed E-state index contributed by atoms with van der Waals surface area (Å²) < 4.78 is 35.7. The first kappa shape index (κ1) is 28.7. The van der Waals surface area contributed by atoms with Crippen LogP contribution >= 0.6 is 0 Å². The Labute approximate surface area is 242 Å². The van der Waals surface area contributed by atoms with Gasteiger partial charge in [0, 0.05) is 45.2 Å². The van der Waals surface area contributed by atoms with E-state index < -0.39 is 29.5 Å². The fourth-order valence-corrected chi connectivity index (χ4v) is 4.87. The number of fused-ring (bicyclic) bond motifs is 1. The lowest BCUT2D eigenvalue weighted by atomic mass is 9.80. The third-order valence-electron chi connectivity index (χ3n) is 7.18. The van der Waals surface area contributed by atoms with Crippen molar-refractivity contribution in [3.05, 3.63) is 96.1 Å². The lowest BCUT2D eigenvalue weighted by Gasteiger charge is -2.47. The van der Waals surface area contributed by atoms with Crippen LogP contribution in [0.25, 0.3) is 10.8 Å². The standard InChI is InChI=1S/C32H31FN2O7/c1-21(41-30(37)25-5-4-14-34(2)17-25)42-31(38)32(18-35(19-32)29(36)22-6-10-26(33)11-7-22)20-40-28-13-9-23-15-27(39-3)12-8-24(23)16-28/h4,6-17,21H,5,18-20H2,1-3H3. The third-order valence-corrected chi connectivity index (χ3v) is 7.18. The molecular weight excluding hydrogens is 543 g/mol. The van der Waals surface area contributed by atoms with Gasteiger partial charge in [-0.05, 0) is 65.5 Å². The molecule has 2 aliphatic heterocycles. The van der Waals surface area contributed by atoms with E-state index in [0.29, 0.717) is 23.3 Å². The van der Waals surface area contributed by atoms with Gasteiger partial charge in [0.25, 0.3) is 5.91 Å². The fraction of sp³-hybridized carbons (Fsp3) is 0.281. The maximum absolute atomic E-state index is 13.5. The number of hydrogen-bond acceptors (Lipinski definition) is 8. The van der Waals surface area contributed by atoms with Crippen molar-refractivity contribution < 1.29 is 37.7 Å². The zero-order chi connectivity index (χ0) is 29.9. The van der Waals surface area contributed by atoms with Gasteiger partial charge in [0.15, 0.2) is 0 Å². The van der Waals surface area contributed by atoms with Crippen molar-refractivity contribution in [2.45, 2.75) is 19.6 Å². The van der Waals surface area contributed by atoms with Gasteiger partial charge in [-0.1, -0.05) is 18.2 Å². The first-order chi connectivity index (χ1) is 20.2. The van der Waals surface area contributed by atoms with E-state index in [1.54, 1.807) is 31.3 Å². The normalized spacial score (nSPS) is 16.2. The number of allylic oxidation sites excluding steroid dienone is 1. The summed E-state index contributed by atoms with van der Waals surface area (Å²) in [5.74, 6) is -0.790. The minimum atomic E-state index is -1.21. The molecule has 0 aliphatic carbocycles. The Balaban J connectivity index is 1.29. The van der Waals surface area contributed by atoms with Crippen molar-refractivity contribution in [2.75, 3.05) is 33.9 Å². The molecule has 0 radical (unpaired) electrons. The van der Waals surface area contributed by atoms with Crippen LogP contribution in [0.3, 0.4) is 0 Å². The summed E-state index contributed by atoms with van der Waals surface area (Å²) in [7, 11) is 3.39. The molecule has 1 saturated heterocycles. The number of likely N-dealkylation sites (tertiary alicyclic amines) is 1. The lowest BCUT2D eigenvalue weighted by Crippen LogP contribution is -2.65. The molecule has 0 saturated carbocycles. The highest BCUT2D eigenvalue weighted by atomic mass is 19.1. The van der Waals surface area contributed by atoms with Crippen molar-refractivity contribution >= 4 is 28.6 Å². The largest absolute Gasteiger partial charge is 0.497 e. The number of carbonyl (C=O) groups is 3. The average Bonchev–Trinajstić information content (AvgIpc) is 2.96. The van der Waals surface area contributed by atoms with Crippen LogP contribution in [0.1, 0.15) is 23.7 Å². The number of esters is 2. The molecule has 9 nitrogen and oxygen atoms in total. The molecule has 10 heteroatoms. The third kappa shape index (κ3) is 6.22. The maximum Gasteiger partial charge on any atom is 0.338 e. The molecule has 0 N–H and O–H groups in total. The summed E-state index contributed by atoms with van der Waals surface area (Å²) >= 11 is 0. The number of ether oxygens (including phenoxy) is 4. The summed E-state index contributed by atoms with van der Waals surface area (Å²) in [6.07, 6.45) is 4.53. The molecule has 5 rings (SSSR count). The zero-order valence-corrected chi connectivity index (χ0v) is 23.5. The molecule has 42 heavy (non-hydrogen) atoms. The van der Waals surface area contributed by atoms with Crippen LogP contribution in [0.4, 0.5) is 4.39 Å². The molecule has 0 bridgehead atoms. The smallest absolute Gasteiger partial charge is 0.338 e. The summed E-state index contributed by atoms with van der Waals surface area (Å²) in [5, 5.41) is 1.88. The maximum atomic E-state index is 13.5. The number of halogens is 1. The second-order valence-corrected chi connectivity index (χ2v) is 10.4. The van der Waals surface area contributed by atoms with E-state index >= 15 is 0 Å². The first-order valence-electron chi connectivity index (χ1n) is 13.4. The molecule has 3 aromatic carbocycles. The number of hydrogen-bond donors (Lipinski definition) is 0. The van der Waals surface area contributed by atoms with Crippen molar-refractivity contribution in [1.82, 2.24) is 9.80 Å². The molecule has 2 heterocycles. The highest BCUT2D eigenvalue weighted by Gasteiger charge is 2.54. The van der Waals surface area contributed by atoms with Gasteiger partial charge in [-0.2, -0.15) is 0 Å². The molecule has 2 aliphatic rings. The summed E-state index contributed by atoms with van der Waals surface area (Å²) in [6, 6.07) is 16.4. The molecular formula is C32H31FN2O7. The van der Waals surface area contributed by atoms with E-state index in [4.69, 9.17) is 18.9 Å². The number of nitrogens with zero attached hydrogens (tertiary/aromatic N) is 2. The summed E-state index contributed by atoms with van der Waals surface area (Å²) in [4.78, 5) is 42.3. The molecule has 1 fully saturated rings. The Morgan fingerprint density at radius 1 is 0.952 bits per heavy atom. The Morgan fingerprint density at radius 3 is 2.29 bits per heavy atom. The minimum Gasteiger partial charge on any atom is -0.497 e. The molecule has 218 valence electrons. The predicted molar refractivity (Wildman–Crippen MR) is 152 cm³/mol. The SMILES string of the molecule is COc1ccc2cc(OCC3(C(=O)OC(C)OC(=O)C4=CN(C)C=CC4)CN(C(=O)c4ccc(F)cc4)C3)ccc2c1. The number of amides is 1. The van der Waals surface area contributed by atoms with Crippen LogP contribution in [0, 0.1) is 11.2 Å². The first-order valence-corrected chi connectivity index (χ1v) is 13.4. The van der Waals surface area contributed by atoms with Crippen molar-refractivity contribution in [1.29, 1.82) is 0 Å². The number of carbonyl (C=O) groups excluding carboxylic acids is 3. The van der Waals surface area contributed by atoms with Gasteiger partial charge in [-0.3, -0.25) is 9.59 Å². The summed E-state index contributed by atoms with van der Waals surface area (Å²) in [6.45, 7) is 1.40. The van der Waals surface area contributed by atoms with Crippen molar-refractivity contribution in [2.24, 2.45) is 5.41 Å². The number of methoxy groups -OCH3 is 1. The van der Waals surface area contributed by atoms with Gasteiger partial charge in [0.05, 0.1) is 12.7 Å². The van der Waals surface area contributed by atoms with Gasteiger partial charge < -0.3 is 28.7 Å². The summed E-state index contributed by atoms with van der Waals surface area (Å²) in [5.41, 5.74) is -0.487. The predicted octanol–water partition coefficient (Wildman–Crippen LogP) is 4.67. The second-order valence-electron chi connectivity index (χ2n) is 10.4. The number of rotatable bonds is 9. The van der Waals surface area contributed by atoms with E-state index in [1.807, 2.05) is 42.6 Å². The molecule has 0 aromatic heterocycles. The highest BCUT2D eigenvalue weighted by molar-refractivity contribution is 5.96. The van der Waals surface area contributed by atoms with Crippen LogP contribution in [-0.4, -0.2) is 67.8 Å². The van der Waals surface area contributed by atoms with Crippen LogP contribution in [0.15, 0.2) is 84.7 Å². The number of benzene rings is 3. The van der Waals surface area contributed by atoms with Crippen molar-refractivity contribution in [3.8, 4) is 11.5 Å². The Hall–Kier alpha value is -4.86. The zero-order valence-electron chi connectivity index (χ0n) is 23.5. The quantitative estimate of drug-likeness (QED) is 0.269. The Kier molecular flexibility index (Phi) is 8.15. The van der Waals surface area contributed by atoms with E-state index in [2.05, 4.69) is 0 Å². The second kappa shape index (κ2) is 11.9. The van der Waals surface area contributed by atoms with E-state index in [0.717, 1.165) is 16.5 Å². The van der Waals surface area contributed by atoms with Crippen LogP contribution in [0.5, 0.6) is 11.5 Å². The average molecular weight is 575 g/mol. The van der Waals surface area contributed by atoms with Crippen LogP contribution in [-0.2, 0) is 19.1 Å². The molecule has 1 amide bonds. The Bertz CT molecular complexity index is 1560. The van der Waals surface area contributed by atoms with Gasteiger partial charge in [0.1, 0.15) is 29.3 Å². The van der Waals surface area contributed by atoms with E-state index in [1.165, 1.54) is 36.1 Å². The topological polar surface area (TPSA) is 94.6 Å². The van der Waals surface area contributed by atoms with Crippen LogP contribution < -0.4 is 9.47 Å².